The maximum atomic E-state index is 6.09. The molecule has 0 bridgehead atoms. The lowest BCUT2D eigenvalue weighted by Gasteiger charge is -2.26. The van der Waals surface area contributed by atoms with E-state index in [4.69, 9.17) is 15.2 Å². The van der Waals surface area contributed by atoms with Crippen LogP contribution in [-0.2, 0) is 0 Å². The van der Waals surface area contributed by atoms with E-state index in [0.29, 0.717) is 11.9 Å². The van der Waals surface area contributed by atoms with Crippen molar-refractivity contribution in [3.05, 3.63) is 22.0 Å². The minimum Gasteiger partial charge on any atom is -0.454 e. The van der Waals surface area contributed by atoms with E-state index in [1.54, 1.807) is 11.8 Å². The molecule has 2 aliphatic rings. The molecular formula is C18H23IN6O2S. The van der Waals surface area contributed by atoms with Crippen LogP contribution in [0.25, 0.3) is 0 Å². The Kier molecular flexibility index (Phi) is 5.88. The summed E-state index contributed by atoms with van der Waals surface area (Å²) < 4.78 is 12.1. The average Bonchev–Trinajstić information content (AvgIpc) is 3.27. The Labute approximate surface area is 182 Å². The molecule has 0 spiro atoms. The number of nitrogen functional groups attached to an aromatic ring is 1. The first kappa shape index (κ1) is 19.6. The molecule has 8 nitrogen and oxygen atoms in total. The second-order valence-corrected chi connectivity index (χ2v) is 9.04. The van der Waals surface area contributed by atoms with Gasteiger partial charge in [0.25, 0.3) is 0 Å². The van der Waals surface area contributed by atoms with Crippen LogP contribution in [0.4, 0.5) is 17.3 Å². The molecular weight excluding hydrogens is 491 g/mol. The lowest BCUT2D eigenvalue weighted by Crippen LogP contribution is -2.36. The Morgan fingerprint density at radius 3 is 3.07 bits per heavy atom. The van der Waals surface area contributed by atoms with Crippen molar-refractivity contribution in [1.29, 1.82) is 0 Å². The summed E-state index contributed by atoms with van der Waals surface area (Å²) in [6, 6.07) is 4.50. The van der Waals surface area contributed by atoms with Gasteiger partial charge in [-0.15, -0.1) is 0 Å². The summed E-state index contributed by atoms with van der Waals surface area (Å²) in [5.74, 6) is 2.93. The Balaban J connectivity index is 1.54. The van der Waals surface area contributed by atoms with Crippen LogP contribution in [0.5, 0.6) is 11.5 Å². The first-order valence-electron chi connectivity index (χ1n) is 9.16. The van der Waals surface area contributed by atoms with E-state index in [2.05, 4.69) is 68.0 Å². The van der Waals surface area contributed by atoms with Gasteiger partial charge in [-0.05, 0) is 47.7 Å². The summed E-state index contributed by atoms with van der Waals surface area (Å²) in [6.45, 7) is 6.38. The summed E-state index contributed by atoms with van der Waals surface area (Å²) in [6.07, 6.45) is 2.52. The third kappa shape index (κ3) is 3.90. The Bertz CT molecular complexity index is 868. The van der Waals surface area contributed by atoms with Crippen LogP contribution in [0.15, 0.2) is 23.4 Å². The van der Waals surface area contributed by atoms with Gasteiger partial charge >= 0.3 is 0 Å². The molecule has 10 heteroatoms. The first-order chi connectivity index (χ1) is 13.5. The number of nitrogens with two attached hydrogens (primary N) is 1. The van der Waals surface area contributed by atoms with Crippen LogP contribution in [0.1, 0.15) is 20.3 Å². The van der Waals surface area contributed by atoms with E-state index in [9.17, 15) is 0 Å². The van der Waals surface area contributed by atoms with Gasteiger partial charge in [0.05, 0.1) is 3.57 Å². The highest BCUT2D eigenvalue weighted by Gasteiger charge is 2.33. The van der Waals surface area contributed by atoms with Crippen molar-refractivity contribution in [1.82, 2.24) is 15.3 Å². The molecule has 1 atom stereocenters. The van der Waals surface area contributed by atoms with Crippen LogP contribution in [0.3, 0.4) is 0 Å². The normalized spacial score (nSPS) is 17.1. The second kappa shape index (κ2) is 8.37. The highest BCUT2D eigenvalue weighted by Crippen LogP contribution is 2.46. The molecule has 0 radical (unpaired) electrons. The number of hydrogen-bond acceptors (Lipinski definition) is 9. The molecule has 28 heavy (non-hydrogen) atoms. The number of nitrogens with zero attached hydrogens (tertiary/aromatic N) is 3. The molecule has 0 fully saturated rings. The van der Waals surface area contributed by atoms with Gasteiger partial charge in [-0.1, -0.05) is 25.6 Å². The van der Waals surface area contributed by atoms with Gasteiger partial charge in [0.2, 0.25) is 6.79 Å². The predicted octanol–water partition coefficient (Wildman–Crippen LogP) is 3.09. The number of anilines is 3. The Morgan fingerprint density at radius 1 is 1.39 bits per heavy atom. The summed E-state index contributed by atoms with van der Waals surface area (Å²) in [4.78, 5) is 12.0. The molecule has 4 rings (SSSR count). The molecule has 0 saturated carbocycles. The SMILES string of the molecule is CC(C)NCCCN1c2ncnc(N)c2N[C@H]1Sc1ccc2c(c1I)OCO2. The standard InChI is InChI=1S/C18H23IN6O2S/c1-10(2)21-6-3-7-25-17-14(16(20)22-8-23-17)24-18(25)28-12-5-4-11-15(13(12)19)27-9-26-11/h4-5,8,10,18,21,24H,3,6-7,9H2,1-2H3,(H2,20,22,23)/t18-/m1/s1. The zero-order valence-corrected chi connectivity index (χ0v) is 18.7. The van der Waals surface area contributed by atoms with Crippen LogP contribution in [-0.4, -0.2) is 41.4 Å². The Hall–Kier alpha value is -1.66. The number of ether oxygens (including phenoxy) is 2. The summed E-state index contributed by atoms with van der Waals surface area (Å²) >= 11 is 4.02. The molecule has 150 valence electrons. The fourth-order valence-corrected chi connectivity index (χ4v) is 5.22. The molecule has 1 aromatic carbocycles. The van der Waals surface area contributed by atoms with Gasteiger partial charge in [0.15, 0.2) is 28.6 Å². The summed E-state index contributed by atoms with van der Waals surface area (Å²) in [5.41, 5.74) is 6.86. The predicted molar refractivity (Wildman–Crippen MR) is 120 cm³/mol. The quantitative estimate of drug-likeness (QED) is 0.381. The third-order valence-electron chi connectivity index (χ3n) is 4.49. The fourth-order valence-electron chi connectivity index (χ4n) is 3.15. The molecule has 3 heterocycles. The molecule has 2 aliphatic heterocycles. The molecule has 0 amide bonds. The van der Waals surface area contributed by atoms with Crippen molar-refractivity contribution >= 4 is 51.7 Å². The van der Waals surface area contributed by atoms with Gasteiger partial charge in [-0.3, -0.25) is 0 Å². The van der Waals surface area contributed by atoms with Gasteiger partial charge in [0, 0.05) is 17.5 Å². The smallest absolute Gasteiger partial charge is 0.231 e. The Morgan fingerprint density at radius 2 is 2.25 bits per heavy atom. The van der Waals surface area contributed by atoms with E-state index in [1.807, 2.05) is 6.07 Å². The second-order valence-electron chi connectivity index (χ2n) is 6.84. The number of rotatable bonds is 7. The lowest BCUT2D eigenvalue weighted by atomic mass is 10.3. The van der Waals surface area contributed by atoms with Crippen molar-refractivity contribution in [2.45, 2.75) is 36.7 Å². The van der Waals surface area contributed by atoms with E-state index in [-0.39, 0.29) is 12.3 Å². The molecule has 1 aromatic heterocycles. The van der Waals surface area contributed by atoms with E-state index < -0.39 is 0 Å². The topological polar surface area (TPSA) is 97.6 Å². The summed E-state index contributed by atoms with van der Waals surface area (Å²) in [5, 5.41) is 6.95. The maximum Gasteiger partial charge on any atom is 0.231 e. The van der Waals surface area contributed by atoms with Gasteiger partial charge in [-0.25, -0.2) is 9.97 Å². The molecule has 2 aromatic rings. The van der Waals surface area contributed by atoms with Crippen molar-refractivity contribution in [2.24, 2.45) is 0 Å². The van der Waals surface area contributed by atoms with Crippen LogP contribution < -0.4 is 30.7 Å². The van der Waals surface area contributed by atoms with Gasteiger partial charge < -0.3 is 30.7 Å². The monoisotopic (exact) mass is 514 g/mol. The maximum absolute atomic E-state index is 6.09. The van der Waals surface area contributed by atoms with Crippen LogP contribution in [0.2, 0.25) is 0 Å². The number of thioether (sulfide) groups is 1. The number of nitrogens with one attached hydrogen (secondary N) is 2. The highest BCUT2D eigenvalue weighted by molar-refractivity contribution is 14.1. The number of benzene rings is 1. The van der Waals surface area contributed by atoms with E-state index >= 15 is 0 Å². The number of hydrogen-bond donors (Lipinski definition) is 3. The minimum atomic E-state index is -0.0260. The zero-order valence-electron chi connectivity index (χ0n) is 15.7. The fraction of sp³-hybridized carbons (Fsp3) is 0.444. The molecule has 0 saturated heterocycles. The lowest BCUT2D eigenvalue weighted by molar-refractivity contribution is 0.173. The van der Waals surface area contributed by atoms with Crippen LogP contribution in [0, 0.1) is 3.57 Å². The molecule has 0 unspecified atom stereocenters. The highest BCUT2D eigenvalue weighted by atomic mass is 127. The number of aromatic nitrogens is 2. The van der Waals surface area contributed by atoms with Crippen molar-refractivity contribution in [3.8, 4) is 11.5 Å². The van der Waals surface area contributed by atoms with Crippen molar-refractivity contribution in [2.75, 3.05) is 35.8 Å². The zero-order chi connectivity index (χ0) is 19.7. The molecule has 0 aliphatic carbocycles. The number of fused-ring (bicyclic) bond motifs is 2. The van der Waals surface area contributed by atoms with E-state index in [0.717, 1.165) is 51.0 Å². The molecule has 4 N–H and O–H groups in total. The summed E-state index contributed by atoms with van der Waals surface area (Å²) in [7, 11) is 0. The van der Waals surface area contributed by atoms with Gasteiger partial charge in [0.1, 0.15) is 12.0 Å². The van der Waals surface area contributed by atoms with Crippen LogP contribution >= 0.6 is 34.4 Å². The van der Waals surface area contributed by atoms with Gasteiger partial charge in [-0.2, -0.15) is 0 Å². The van der Waals surface area contributed by atoms with Crippen molar-refractivity contribution in [3.63, 3.8) is 0 Å². The van der Waals surface area contributed by atoms with E-state index in [1.165, 1.54) is 6.33 Å². The average molecular weight is 514 g/mol. The third-order valence-corrected chi connectivity index (χ3v) is 7.12. The number of halogens is 1. The first-order valence-corrected chi connectivity index (χ1v) is 11.1. The van der Waals surface area contributed by atoms with Crippen molar-refractivity contribution < 1.29 is 9.47 Å². The largest absolute Gasteiger partial charge is 0.454 e. The minimum absolute atomic E-state index is 0.0260.